The van der Waals surface area contributed by atoms with Crippen LogP contribution in [0.15, 0.2) is 24.3 Å². The first-order valence-electron chi connectivity index (χ1n) is 5.13. The van der Waals surface area contributed by atoms with Crippen LogP contribution in [0.5, 0.6) is 0 Å². The minimum Gasteiger partial charge on any atom is -0.370 e. The van der Waals surface area contributed by atoms with Crippen LogP contribution < -0.4 is 16.4 Å². The Morgan fingerprint density at radius 2 is 2.12 bits per heavy atom. The van der Waals surface area contributed by atoms with Crippen molar-refractivity contribution in [2.45, 2.75) is 19.8 Å². The molecule has 0 saturated carbocycles. The van der Waals surface area contributed by atoms with Crippen molar-refractivity contribution in [3.05, 3.63) is 29.8 Å². The molecule has 0 aliphatic heterocycles. The zero-order chi connectivity index (χ0) is 12.0. The van der Waals surface area contributed by atoms with E-state index in [4.69, 9.17) is 11.1 Å². The molecule has 0 heterocycles. The summed E-state index contributed by atoms with van der Waals surface area (Å²) >= 11 is 0. The molecule has 0 unspecified atom stereocenters. The first kappa shape index (κ1) is 12.0. The molecule has 0 saturated heterocycles. The summed E-state index contributed by atoms with van der Waals surface area (Å²) in [6.45, 7) is 2.08. The van der Waals surface area contributed by atoms with Gasteiger partial charge in [-0.15, -0.1) is 0 Å². The summed E-state index contributed by atoms with van der Waals surface area (Å²) in [4.78, 5) is 11.3. The Balaban J connectivity index is 2.72. The molecular weight excluding hydrogens is 204 g/mol. The molecule has 16 heavy (non-hydrogen) atoms. The molecule has 0 aromatic heterocycles. The number of nitrogens with two attached hydrogens (primary N) is 1. The van der Waals surface area contributed by atoms with Crippen LogP contribution in [0, 0.1) is 5.41 Å². The van der Waals surface area contributed by atoms with E-state index in [1.54, 1.807) is 0 Å². The van der Waals surface area contributed by atoms with Gasteiger partial charge in [-0.1, -0.05) is 31.5 Å². The molecular formula is C11H16N4O. The highest BCUT2D eigenvalue weighted by Gasteiger charge is 2.05. The lowest BCUT2D eigenvalue weighted by Crippen LogP contribution is -2.38. The molecule has 0 spiro atoms. The van der Waals surface area contributed by atoms with Crippen molar-refractivity contribution in [3.63, 3.8) is 0 Å². The van der Waals surface area contributed by atoms with Crippen LogP contribution in [-0.2, 0) is 6.42 Å². The smallest absolute Gasteiger partial charge is 0.325 e. The SMILES string of the molecule is CCCc1ccccc1NC(=O)NC(=N)N. The topological polar surface area (TPSA) is 91.0 Å². The second kappa shape index (κ2) is 5.75. The molecule has 0 radical (unpaired) electrons. The summed E-state index contributed by atoms with van der Waals surface area (Å²) in [5.74, 6) is -0.370. The van der Waals surface area contributed by atoms with Gasteiger partial charge >= 0.3 is 6.03 Å². The fraction of sp³-hybridized carbons (Fsp3) is 0.273. The largest absolute Gasteiger partial charge is 0.370 e. The highest BCUT2D eigenvalue weighted by molar-refractivity contribution is 6.01. The van der Waals surface area contributed by atoms with Gasteiger partial charge in [-0.2, -0.15) is 0 Å². The van der Waals surface area contributed by atoms with Crippen LogP contribution in [0.4, 0.5) is 10.5 Å². The van der Waals surface area contributed by atoms with Crippen LogP contribution in [0.2, 0.25) is 0 Å². The van der Waals surface area contributed by atoms with Gasteiger partial charge in [0.25, 0.3) is 0 Å². The number of benzene rings is 1. The van der Waals surface area contributed by atoms with Crippen molar-refractivity contribution < 1.29 is 4.79 Å². The lowest BCUT2D eigenvalue weighted by atomic mass is 10.1. The summed E-state index contributed by atoms with van der Waals surface area (Å²) in [5.41, 5.74) is 6.88. The molecule has 0 aliphatic rings. The van der Waals surface area contributed by atoms with E-state index in [-0.39, 0.29) is 5.96 Å². The summed E-state index contributed by atoms with van der Waals surface area (Å²) < 4.78 is 0. The molecule has 0 atom stereocenters. The first-order valence-corrected chi connectivity index (χ1v) is 5.13. The second-order valence-electron chi connectivity index (χ2n) is 3.40. The van der Waals surface area contributed by atoms with Crippen molar-refractivity contribution in [2.75, 3.05) is 5.32 Å². The molecule has 2 amide bonds. The molecule has 1 aromatic rings. The zero-order valence-electron chi connectivity index (χ0n) is 9.21. The molecule has 0 fully saturated rings. The van der Waals surface area contributed by atoms with Crippen LogP contribution in [0.3, 0.4) is 0 Å². The Morgan fingerprint density at radius 1 is 1.44 bits per heavy atom. The highest BCUT2D eigenvalue weighted by atomic mass is 16.2. The molecule has 5 N–H and O–H groups in total. The van der Waals surface area contributed by atoms with Crippen LogP contribution in [0.1, 0.15) is 18.9 Å². The Morgan fingerprint density at radius 3 is 2.75 bits per heavy atom. The van der Waals surface area contributed by atoms with Crippen LogP contribution in [0.25, 0.3) is 0 Å². The van der Waals surface area contributed by atoms with E-state index in [0.717, 1.165) is 24.1 Å². The van der Waals surface area contributed by atoms with Gasteiger partial charge in [0.2, 0.25) is 0 Å². The monoisotopic (exact) mass is 220 g/mol. The third-order valence-electron chi connectivity index (χ3n) is 2.03. The van der Waals surface area contributed by atoms with Gasteiger partial charge in [0, 0.05) is 5.69 Å². The number of carbonyl (C=O) groups is 1. The van der Waals surface area contributed by atoms with Crippen molar-refractivity contribution in [3.8, 4) is 0 Å². The Labute approximate surface area is 94.5 Å². The minimum atomic E-state index is -0.490. The molecule has 5 heteroatoms. The Bertz CT molecular complexity index is 389. The van der Waals surface area contributed by atoms with Gasteiger partial charge in [-0.25, -0.2) is 4.79 Å². The molecule has 1 rings (SSSR count). The number of para-hydroxylation sites is 1. The van der Waals surface area contributed by atoms with Crippen molar-refractivity contribution in [1.29, 1.82) is 5.41 Å². The second-order valence-corrected chi connectivity index (χ2v) is 3.40. The maximum absolute atomic E-state index is 11.3. The third-order valence-corrected chi connectivity index (χ3v) is 2.03. The van der Waals surface area contributed by atoms with E-state index in [1.165, 1.54) is 0 Å². The Hall–Kier alpha value is -2.04. The number of guanidine groups is 1. The van der Waals surface area contributed by atoms with E-state index < -0.39 is 6.03 Å². The van der Waals surface area contributed by atoms with E-state index in [0.29, 0.717) is 0 Å². The van der Waals surface area contributed by atoms with Crippen molar-refractivity contribution >= 4 is 17.7 Å². The number of rotatable bonds is 3. The van der Waals surface area contributed by atoms with Crippen LogP contribution in [-0.4, -0.2) is 12.0 Å². The lowest BCUT2D eigenvalue weighted by Gasteiger charge is -2.10. The lowest BCUT2D eigenvalue weighted by molar-refractivity contribution is 0.256. The summed E-state index contributed by atoms with van der Waals surface area (Å²) in [7, 11) is 0. The maximum atomic E-state index is 11.3. The number of carbonyl (C=O) groups excluding carboxylic acids is 1. The quantitative estimate of drug-likeness (QED) is 0.461. The number of nitrogens with one attached hydrogen (secondary N) is 3. The number of urea groups is 1. The summed E-state index contributed by atoms with van der Waals surface area (Å²) in [6, 6.07) is 7.08. The highest BCUT2D eigenvalue weighted by Crippen LogP contribution is 2.16. The number of anilines is 1. The number of hydrogen-bond donors (Lipinski definition) is 4. The van der Waals surface area contributed by atoms with Gasteiger partial charge in [0.15, 0.2) is 5.96 Å². The normalized spacial score (nSPS) is 9.56. The summed E-state index contributed by atoms with van der Waals surface area (Å²) in [6.07, 6.45) is 1.91. The van der Waals surface area contributed by atoms with E-state index >= 15 is 0 Å². The van der Waals surface area contributed by atoms with E-state index in [9.17, 15) is 4.79 Å². The van der Waals surface area contributed by atoms with Crippen molar-refractivity contribution in [1.82, 2.24) is 5.32 Å². The van der Waals surface area contributed by atoms with Crippen LogP contribution >= 0.6 is 0 Å². The zero-order valence-corrected chi connectivity index (χ0v) is 9.21. The number of hydrogen-bond acceptors (Lipinski definition) is 2. The number of aryl methyl sites for hydroxylation is 1. The predicted molar refractivity (Wildman–Crippen MR) is 64.5 cm³/mol. The average molecular weight is 220 g/mol. The maximum Gasteiger partial charge on any atom is 0.325 e. The fourth-order valence-electron chi connectivity index (χ4n) is 1.41. The van der Waals surface area contributed by atoms with Gasteiger partial charge in [0.1, 0.15) is 0 Å². The standard InChI is InChI=1S/C11H16N4O/c1-2-5-8-6-3-4-7-9(8)14-11(16)15-10(12)13/h3-4,6-7H,2,5H2,1H3,(H5,12,13,14,15,16). The third kappa shape index (κ3) is 3.61. The minimum absolute atomic E-state index is 0.370. The first-order chi connectivity index (χ1) is 7.63. The molecule has 1 aromatic carbocycles. The van der Waals surface area contributed by atoms with Gasteiger partial charge in [-0.05, 0) is 18.1 Å². The van der Waals surface area contributed by atoms with Gasteiger partial charge in [-0.3, -0.25) is 10.7 Å². The van der Waals surface area contributed by atoms with Gasteiger partial charge in [0.05, 0.1) is 0 Å². The van der Waals surface area contributed by atoms with Crippen molar-refractivity contribution in [2.24, 2.45) is 5.73 Å². The molecule has 86 valence electrons. The van der Waals surface area contributed by atoms with Gasteiger partial charge < -0.3 is 11.1 Å². The van der Waals surface area contributed by atoms with E-state index in [2.05, 4.69) is 17.6 Å². The molecule has 0 aliphatic carbocycles. The fourth-order valence-corrected chi connectivity index (χ4v) is 1.41. The number of amides is 2. The average Bonchev–Trinajstić information content (AvgIpc) is 2.20. The Kier molecular flexibility index (Phi) is 4.32. The molecule has 5 nitrogen and oxygen atoms in total. The molecule has 0 bridgehead atoms. The predicted octanol–water partition coefficient (Wildman–Crippen LogP) is 1.65. The van der Waals surface area contributed by atoms with E-state index in [1.807, 2.05) is 24.3 Å². The summed E-state index contributed by atoms with van der Waals surface area (Å²) in [5, 5.41) is 11.8.